The fraction of sp³-hybridized carbons (Fsp3) is 0.312. The smallest absolute Gasteiger partial charge is 0.368 e. The Hall–Kier alpha value is -2.64. The number of halogens is 3. The number of hydrogen-bond donors (Lipinski definition) is 1. The summed E-state index contributed by atoms with van der Waals surface area (Å²) in [6, 6.07) is 3.61. The summed E-state index contributed by atoms with van der Waals surface area (Å²) < 4.78 is 39.4. The lowest BCUT2D eigenvalue weighted by Crippen LogP contribution is -2.52. The summed E-state index contributed by atoms with van der Waals surface area (Å²) in [5.41, 5.74) is 5.02. The maximum atomic E-state index is 13.1. The topological polar surface area (TPSA) is 72.1 Å². The molecule has 126 valence electrons. The van der Waals surface area contributed by atoms with Gasteiger partial charge in [-0.15, -0.1) is 0 Å². The Balaban J connectivity index is 2.22. The van der Waals surface area contributed by atoms with Crippen LogP contribution in [0.25, 0.3) is 0 Å². The summed E-state index contributed by atoms with van der Waals surface area (Å²) in [5.74, 6) is -0.620. The zero-order valence-electron chi connectivity index (χ0n) is 13.1. The number of pyridine rings is 2. The van der Waals surface area contributed by atoms with E-state index in [0.29, 0.717) is 5.69 Å². The third kappa shape index (κ3) is 2.47. The first kappa shape index (κ1) is 16.2. The van der Waals surface area contributed by atoms with E-state index in [4.69, 9.17) is 5.73 Å². The highest BCUT2D eigenvalue weighted by Crippen LogP contribution is 2.44. The van der Waals surface area contributed by atoms with Crippen molar-refractivity contribution in [1.29, 1.82) is 0 Å². The molecule has 3 rings (SSSR count). The quantitative estimate of drug-likeness (QED) is 0.915. The predicted molar refractivity (Wildman–Crippen MR) is 81.7 cm³/mol. The number of carbonyl (C=O) groups excluding carboxylic acids is 1. The number of aromatic nitrogens is 2. The van der Waals surface area contributed by atoms with E-state index in [1.54, 1.807) is 19.2 Å². The van der Waals surface area contributed by atoms with E-state index in [1.807, 2.05) is 0 Å². The first-order valence-electron chi connectivity index (χ1n) is 7.22. The van der Waals surface area contributed by atoms with Crippen molar-refractivity contribution >= 4 is 17.4 Å². The standard InChI is InChI=1S/C16H15F3N4O/c1-9-5-11(16(17,18)19)6-13(22-9)23-12-8-21-4-3-10(12)7-15(23,2)14(20)24/h3-6,8H,7H2,1-2H3,(H2,20,24). The number of nitrogens with two attached hydrogens (primary N) is 1. The highest BCUT2D eigenvalue weighted by Gasteiger charge is 2.46. The molecular formula is C16H15F3N4O. The van der Waals surface area contributed by atoms with Crippen molar-refractivity contribution < 1.29 is 18.0 Å². The minimum absolute atomic E-state index is 0.0235. The maximum absolute atomic E-state index is 13.1. The van der Waals surface area contributed by atoms with E-state index in [9.17, 15) is 18.0 Å². The van der Waals surface area contributed by atoms with Gasteiger partial charge in [-0.3, -0.25) is 9.78 Å². The van der Waals surface area contributed by atoms with Gasteiger partial charge >= 0.3 is 6.18 Å². The van der Waals surface area contributed by atoms with Gasteiger partial charge < -0.3 is 10.6 Å². The fourth-order valence-corrected chi connectivity index (χ4v) is 2.98. The molecular weight excluding hydrogens is 321 g/mol. The van der Waals surface area contributed by atoms with Gasteiger partial charge in [0.2, 0.25) is 5.91 Å². The van der Waals surface area contributed by atoms with Crippen molar-refractivity contribution in [1.82, 2.24) is 9.97 Å². The van der Waals surface area contributed by atoms with Crippen molar-refractivity contribution in [3.05, 3.63) is 47.4 Å². The molecule has 1 aliphatic heterocycles. The van der Waals surface area contributed by atoms with Crippen LogP contribution < -0.4 is 10.6 Å². The number of alkyl halides is 3. The summed E-state index contributed by atoms with van der Waals surface area (Å²) in [7, 11) is 0. The Labute approximate surface area is 136 Å². The molecule has 1 atom stereocenters. The molecule has 2 aromatic heterocycles. The van der Waals surface area contributed by atoms with Crippen molar-refractivity contribution in [2.45, 2.75) is 32.0 Å². The molecule has 0 saturated heterocycles. The van der Waals surface area contributed by atoms with Gasteiger partial charge in [-0.05, 0) is 37.6 Å². The number of primary amides is 1. The molecule has 3 heterocycles. The predicted octanol–water partition coefficient (Wildman–Crippen LogP) is 2.74. The monoisotopic (exact) mass is 336 g/mol. The van der Waals surface area contributed by atoms with Gasteiger partial charge in [0.1, 0.15) is 11.4 Å². The molecule has 0 bridgehead atoms. The number of amides is 1. The molecule has 0 saturated carbocycles. The minimum Gasteiger partial charge on any atom is -0.368 e. The van der Waals surface area contributed by atoms with Crippen LogP contribution in [0.1, 0.15) is 23.7 Å². The van der Waals surface area contributed by atoms with E-state index in [-0.39, 0.29) is 17.9 Å². The average Bonchev–Trinajstić information content (AvgIpc) is 2.79. The second-order valence-corrected chi connectivity index (χ2v) is 6.01. The van der Waals surface area contributed by atoms with Crippen molar-refractivity contribution in [3.8, 4) is 0 Å². The summed E-state index contributed by atoms with van der Waals surface area (Å²) >= 11 is 0. The summed E-state index contributed by atoms with van der Waals surface area (Å²) in [6.07, 6.45) is -1.17. The molecule has 0 aromatic carbocycles. The van der Waals surface area contributed by atoms with Gasteiger partial charge in [0.25, 0.3) is 0 Å². The lowest BCUT2D eigenvalue weighted by atomic mass is 9.96. The van der Waals surface area contributed by atoms with E-state index in [2.05, 4.69) is 9.97 Å². The number of carbonyl (C=O) groups is 1. The van der Waals surface area contributed by atoms with Crippen LogP contribution in [0, 0.1) is 6.92 Å². The van der Waals surface area contributed by atoms with E-state index >= 15 is 0 Å². The van der Waals surface area contributed by atoms with Gasteiger partial charge in [0, 0.05) is 18.3 Å². The Morgan fingerprint density at radius 2 is 2.08 bits per heavy atom. The molecule has 5 nitrogen and oxygen atoms in total. The lowest BCUT2D eigenvalue weighted by molar-refractivity contribution is -0.137. The molecule has 1 aliphatic rings. The number of aryl methyl sites for hydroxylation is 1. The van der Waals surface area contributed by atoms with Crippen molar-refractivity contribution in [2.75, 3.05) is 4.90 Å². The number of hydrogen-bond acceptors (Lipinski definition) is 4. The van der Waals surface area contributed by atoms with E-state index < -0.39 is 23.2 Å². The highest BCUT2D eigenvalue weighted by molar-refractivity contribution is 5.94. The number of fused-ring (bicyclic) bond motifs is 1. The summed E-state index contributed by atoms with van der Waals surface area (Å²) in [4.78, 5) is 21.7. The molecule has 1 unspecified atom stereocenters. The molecule has 0 fully saturated rings. The second-order valence-electron chi connectivity index (χ2n) is 6.01. The highest BCUT2D eigenvalue weighted by atomic mass is 19.4. The Kier molecular flexibility index (Phi) is 3.51. The molecule has 8 heteroatoms. The number of nitrogens with zero attached hydrogens (tertiary/aromatic N) is 3. The number of anilines is 2. The van der Waals surface area contributed by atoms with Crippen LogP contribution in [-0.4, -0.2) is 21.4 Å². The zero-order valence-corrected chi connectivity index (χ0v) is 13.1. The second kappa shape index (κ2) is 5.19. The minimum atomic E-state index is -4.51. The molecule has 0 aliphatic carbocycles. The number of rotatable bonds is 2. The third-order valence-electron chi connectivity index (χ3n) is 4.18. The van der Waals surface area contributed by atoms with Gasteiger partial charge in [-0.25, -0.2) is 4.98 Å². The third-order valence-corrected chi connectivity index (χ3v) is 4.18. The SMILES string of the molecule is Cc1cc(C(F)(F)F)cc(N2c3cnccc3CC2(C)C(N)=O)n1. The zero-order chi connectivity index (χ0) is 17.7. The largest absolute Gasteiger partial charge is 0.416 e. The molecule has 2 N–H and O–H groups in total. The average molecular weight is 336 g/mol. The van der Waals surface area contributed by atoms with Crippen LogP contribution in [0.2, 0.25) is 0 Å². The van der Waals surface area contributed by atoms with Gasteiger partial charge in [0.05, 0.1) is 17.4 Å². The Morgan fingerprint density at radius 1 is 1.38 bits per heavy atom. The van der Waals surface area contributed by atoms with E-state index in [1.165, 1.54) is 18.0 Å². The molecule has 2 aromatic rings. The van der Waals surface area contributed by atoms with Crippen LogP contribution in [0.15, 0.2) is 30.6 Å². The van der Waals surface area contributed by atoms with Gasteiger partial charge in [0.15, 0.2) is 0 Å². The first-order valence-corrected chi connectivity index (χ1v) is 7.22. The van der Waals surface area contributed by atoms with Crippen LogP contribution >= 0.6 is 0 Å². The Morgan fingerprint density at radius 3 is 2.71 bits per heavy atom. The molecule has 24 heavy (non-hydrogen) atoms. The molecule has 0 spiro atoms. The van der Waals surface area contributed by atoms with Crippen molar-refractivity contribution in [2.24, 2.45) is 5.73 Å². The van der Waals surface area contributed by atoms with Crippen molar-refractivity contribution in [3.63, 3.8) is 0 Å². The summed E-state index contributed by atoms with van der Waals surface area (Å²) in [6.45, 7) is 3.06. The summed E-state index contributed by atoms with van der Waals surface area (Å²) in [5, 5.41) is 0. The van der Waals surface area contributed by atoms with Crippen LogP contribution in [0.5, 0.6) is 0 Å². The lowest BCUT2D eigenvalue weighted by Gasteiger charge is -2.34. The maximum Gasteiger partial charge on any atom is 0.416 e. The van der Waals surface area contributed by atoms with E-state index in [0.717, 1.165) is 17.7 Å². The van der Waals surface area contributed by atoms with Crippen LogP contribution in [-0.2, 0) is 17.4 Å². The van der Waals surface area contributed by atoms with Crippen LogP contribution in [0.4, 0.5) is 24.7 Å². The Bertz CT molecular complexity index is 821. The first-order chi connectivity index (χ1) is 11.1. The van der Waals surface area contributed by atoms with Gasteiger partial charge in [-0.2, -0.15) is 13.2 Å². The molecule has 0 radical (unpaired) electrons. The fourth-order valence-electron chi connectivity index (χ4n) is 2.98. The van der Waals surface area contributed by atoms with Crippen LogP contribution in [0.3, 0.4) is 0 Å². The van der Waals surface area contributed by atoms with Gasteiger partial charge in [-0.1, -0.05) is 0 Å². The molecule has 1 amide bonds. The normalized spacial score (nSPS) is 20.1.